The van der Waals surface area contributed by atoms with Crippen LogP contribution >= 0.6 is 0 Å². The van der Waals surface area contributed by atoms with Crippen LogP contribution in [0.2, 0.25) is 0 Å². The number of esters is 2. The van der Waals surface area contributed by atoms with Gasteiger partial charge in [0.25, 0.3) is 0 Å². The molecule has 1 saturated carbocycles. The lowest BCUT2D eigenvalue weighted by molar-refractivity contribution is -0.163. The smallest absolute Gasteiger partial charge is 0.313 e. The molecule has 0 heterocycles. The van der Waals surface area contributed by atoms with E-state index in [4.69, 9.17) is 9.47 Å². The molecule has 4 heteroatoms. The fraction of sp³-hybridized carbons (Fsp3) is 0.714. The van der Waals surface area contributed by atoms with E-state index in [0.717, 1.165) is 0 Å². The third kappa shape index (κ3) is 3.34. The van der Waals surface area contributed by atoms with Crippen molar-refractivity contribution in [3.63, 3.8) is 0 Å². The maximum Gasteiger partial charge on any atom is 0.313 e. The topological polar surface area (TPSA) is 52.6 Å². The summed E-state index contributed by atoms with van der Waals surface area (Å²) < 4.78 is 10.3. The summed E-state index contributed by atoms with van der Waals surface area (Å²) in [5.41, 5.74) is -1.27. The van der Waals surface area contributed by atoms with Gasteiger partial charge in [-0.1, -0.05) is 6.08 Å². The zero-order chi connectivity index (χ0) is 14.0. The molecule has 1 rings (SSSR count). The first-order valence-electron chi connectivity index (χ1n) is 6.27. The molecule has 0 saturated heterocycles. The van der Waals surface area contributed by atoms with Crippen LogP contribution in [0, 0.1) is 11.3 Å². The number of carbonyl (C=O) groups is 2. The summed E-state index contributed by atoms with van der Waals surface area (Å²) in [5.74, 6) is -0.662. The molecule has 1 fully saturated rings. The molecular weight excluding hydrogens is 232 g/mol. The van der Waals surface area contributed by atoms with Gasteiger partial charge in [-0.25, -0.2) is 0 Å². The van der Waals surface area contributed by atoms with Gasteiger partial charge in [0.1, 0.15) is 5.60 Å². The van der Waals surface area contributed by atoms with Crippen molar-refractivity contribution in [3.05, 3.63) is 12.7 Å². The minimum absolute atomic E-state index is 0.0177. The van der Waals surface area contributed by atoms with Crippen molar-refractivity contribution in [3.8, 4) is 0 Å². The summed E-state index contributed by atoms with van der Waals surface area (Å²) in [6, 6.07) is 0. The zero-order valence-electron chi connectivity index (χ0n) is 11.6. The van der Waals surface area contributed by atoms with Crippen LogP contribution in [0.1, 0.15) is 40.5 Å². The largest absolute Gasteiger partial charge is 0.466 e. The number of ether oxygens (including phenoxy) is 2. The minimum Gasteiger partial charge on any atom is -0.466 e. The van der Waals surface area contributed by atoms with E-state index in [-0.39, 0.29) is 24.3 Å². The molecule has 0 bridgehead atoms. The number of carbonyl (C=O) groups excluding carboxylic acids is 2. The van der Waals surface area contributed by atoms with E-state index in [1.807, 2.05) is 0 Å². The van der Waals surface area contributed by atoms with Crippen molar-refractivity contribution in [2.45, 2.75) is 46.1 Å². The summed E-state index contributed by atoms with van der Waals surface area (Å²) in [6.45, 7) is 11.2. The van der Waals surface area contributed by atoms with Crippen LogP contribution in [0.5, 0.6) is 0 Å². The standard InChI is InChI=1S/C14H22O4/c1-6-10-8-14(10,12(16)17-7-2)9-11(15)18-13(3,4)5/h6,10H,1,7-9H2,2-5H3/t10-,14-/m0/s1. The van der Waals surface area contributed by atoms with Gasteiger partial charge in [-0.15, -0.1) is 6.58 Å². The lowest BCUT2D eigenvalue weighted by atomic mass is 9.99. The van der Waals surface area contributed by atoms with E-state index < -0.39 is 11.0 Å². The van der Waals surface area contributed by atoms with E-state index in [1.54, 1.807) is 33.8 Å². The SMILES string of the molecule is C=C[C@H]1C[C@@]1(CC(=O)OC(C)(C)C)C(=O)OCC. The molecule has 2 atom stereocenters. The number of allylic oxidation sites excluding steroid dienone is 1. The molecule has 18 heavy (non-hydrogen) atoms. The van der Waals surface area contributed by atoms with E-state index in [0.29, 0.717) is 13.0 Å². The molecule has 1 aliphatic carbocycles. The molecule has 102 valence electrons. The Morgan fingerprint density at radius 1 is 1.44 bits per heavy atom. The molecule has 0 aromatic heterocycles. The second kappa shape index (κ2) is 5.12. The van der Waals surface area contributed by atoms with E-state index in [9.17, 15) is 9.59 Å². The van der Waals surface area contributed by atoms with Crippen molar-refractivity contribution in [1.82, 2.24) is 0 Å². The van der Waals surface area contributed by atoms with Crippen LogP contribution in [0.25, 0.3) is 0 Å². The molecule has 0 aromatic rings. The molecule has 4 nitrogen and oxygen atoms in total. The minimum atomic E-state index is -0.736. The van der Waals surface area contributed by atoms with Gasteiger partial charge in [0.05, 0.1) is 18.4 Å². The fourth-order valence-electron chi connectivity index (χ4n) is 2.06. The molecule has 0 radical (unpaired) electrons. The summed E-state index contributed by atoms with van der Waals surface area (Å²) in [6.07, 6.45) is 2.40. The average Bonchev–Trinajstić information content (AvgIpc) is 2.90. The summed E-state index contributed by atoms with van der Waals surface area (Å²) >= 11 is 0. The average molecular weight is 254 g/mol. The highest BCUT2D eigenvalue weighted by Crippen LogP contribution is 2.57. The van der Waals surface area contributed by atoms with Crippen molar-refractivity contribution < 1.29 is 19.1 Å². The van der Waals surface area contributed by atoms with E-state index in [2.05, 4.69) is 6.58 Å². The van der Waals surface area contributed by atoms with Crippen LogP contribution < -0.4 is 0 Å². The van der Waals surface area contributed by atoms with Gasteiger partial charge < -0.3 is 9.47 Å². The highest BCUT2D eigenvalue weighted by atomic mass is 16.6. The van der Waals surface area contributed by atoms with Crippen LogP contribution in [0.15, 0.2) is 12.7 Å². The van der Waals surface area contributed by atoms with Crippen LogP contribution in [0.3, 0.4) is 0 Å². The van der Waals surface area contributed by atoms with Gasteiger partial charge in [0, 0.05) is 0 Å². The third-order valence-electron chi connectivity index (χ3n) is 2.98. The second-order valence-electron chi connectivity index (χ2n) is 5.69. The van der Waals surface area contributed by atoms with Crippen molar-refractivity contribution >= 4 is 11.9 Å². The normalized spacial score (nSPS) is 26.3. The predicted octanol–water partition coefficient (Wildman–Crippen LogP) is 2.47. The van der Waals surface area contributed by atoms with Gasteiger partial charge in [-0.2, -0.15) is 0 Å². The Hall–Kier alpha value is -1.32. The Kier molecular flexibility index (Phi) is 4.20. The Labute approximate surface area is 108 Å². The monoisotopic (exact) mass is 254 g/mol. The Bertz CT molecular complexity index is 353. The molecule has 0 amide bonds. The molecule has 0 aliphatic heterocycles. The number of hydrogen-bond donors (Lipinski definition) is 0. The first-order valence-corrected chi connectivity index (χ1v) is 6.27. The van der Waals surface area contributed by atoms with Gasteiger partial charge in [-0.3, -0.25) is 9.59 Å². The van der Waals surface area contributed by atoms with Gasteiger partial charge in [-0.05, 0) is 40.0 Å². The summed E-state index contributed by atoms with van der Waals surface area (Å²) in [4.78, 5) is 23.7. The van der Waals surface area contributed by atoms with Crippen molar-refractivity contribution in [2.24, 2.45) is 11.3 Å². The van der Waals surface area contributed by atoms with Crippen molar-refractivity contribution in [2.75, 3.05) is 6.61 Å². The summed E-state index contributed by atoms with van der Waals surface area (Å²) in [7, 11) is 0. The Balaban J connectivity index is 2.68. The maximum atomic E-state index is 11.9. The Morgan fingerprint density at radius 3 is 2.44 bits per heavy atom. The molecule has 0 spiro atoms. The quantitative estimate of drug-likeness (QED) is 0.558. The molecule has 0 N–H and O–H groups in total. The van der Waals surface area contributed by atoms with Gasteiger partial charge in [0.2, 0.25) is 0 Å². The second-order valence-corrected chi connectivity index (χ2v) is 5.69. The molecule has 1 aliphatic rings. The summed E-state index contributed by atoms with van der Waals surface area (Å²) in [5, 5.41) is 0. The number of hydrogen-bond acceptors (Lipinski definition) is 4. The lowest BCUT2D eigenvalue weighted by Gasteiger charge is -2.21. The molecular formula is C14H22O4. The van der Waals surface area contributed by atoms with Crippen LogP contribution in [-0.4, -0.2) is 24.1 Å². The number of rotatable bonds is 5. The zero-order valence-corrected chi connectivity index (χ0v) is 11.6. The van der Waals surface area contributed by atoms with Crippen LogP contribution in [-0.2, 0) is 19.1 Å². The Morgan fingerprint density at radius 2 is 2.06 bits per heavy atom. The van der Waals surface area contributed by atoms with Gasteiger partial charge in [0.15, 0.2) is 0 Å². The molecule has 0 unspecified atom stereocenters. The molecule has 0 aromatic carbocycles. The highest BCUT2D eigenvalue weighted by Gasteiger charge is 2.61. The first-order chi connectivity index (χ1) is 8.25. The van der Waals surface area contributed by atoms with E-state index in [1.165, 1.54) is 0 Å². The van der Waals surface area contributed by atoms with Crippen LogP contribution in [0.4, 0.5) is 0 Å². The first kappa shape index (κ1) is 14.7. The van der Waals surface area contributed by atoms with Crippen molar-refractivity contribution in [1.29, 1.82) is 0 Å². The lowest BCUT2D eigenvalue weighted by Crippen LogP contribution is -2.29. The van der Waals surface area contributed by atoms with Gasteiger partial charge >= 0.3 is 11.9 Å². The van der Waals surface area contributed by atoms with E-state index >= 15 is 0 Å². The predicted molar refractivity (Wildman–Crippen MR) is 67.8 cm³/mol. The highest BCUT2D eigenvalue weighted by molar-refractivity contribution is 5.87. The maximum absolute atomic E-state index is 11.9. The fourth-order valence-corrected chi connectivity index (χ4v) is 2.06. The third-order valence-corrected chi connectivity index (χ3v) is 2.98.